The Kier molecular flexibility index (Phi) is 4.35. The molecule has 0 aliphatic carbocycles. The van der Waals surface area contributed by atoms with Crippen LogP contribution in [0.4, 0.5) is 5.95 Å². The standard InChI is InChI=1S/C24H23N3O2/c1-28-22-13-12-17(14-23(22)29-2)21-15-19(16-8-4-3-5-9-16)26-24-25-18-10-6-7-11-20(18)27(21)24/h3-14,19,21H,15H2,1-2H3,(H,25,26)/t19-,21+/m1/s1. The molecule has 0 spiro atoms. The van der Waals surface area contributed by atoms with E-state index in [1.54, 1.807) is 14.2 Å². The van der Waals surface area contributed by atoms with Crippen LogP contribution in [0.25, 0.3) is 11.0 Å². The summed E-state index contributed by atoms with van der Waals surface area (Å²) < 4.78 is 13.3. The fourth-order valence-corrected chi connectivity index (χ4v) is 4.26. The van der Waals surface area contributed by atoms with Gasteiger partial charge in [0, 0.05) is 0 Å². The van der Waals surface area contributed by atoms with Gasteiger partial charge in [0.1, 0.15) is 0 Å². The fourth-order valence-electron chi connectivity index (χ4n) is 4.26. The topological polar surface area (TPSA) is 48.3 Å². The molecule has 0 saturated heterocycles. The van der Waals surface area contributed by atoms with Gasteiger partial charge in [-0.1, -0.05) is 48.5 Å². The van der Waals surface area contributed by atoms with Crippen molar-refractivity contribution in [1.82, 2.24) is 9.55 Å². The minimum Gasteiger partial charge on any atom is -0.493 e. The molecule has 146 valence electrons. The number of methoxy groups -OCH3 is 2. The summed E-state index contributed by atoms with van der Waals surface area (Å²) >= 11 is 0. The number of aromatic nitrogens is 2. The highest BCUT2D eigenvalue weighted by atomic mass is 16.5. The Hall–Kier alpha value is -3.47. The summed E-state index contributed by atoms with van der Waals surface area (Å²) in [6, 6.07) is 25.3. The van der Waals surface area contributed by atoms with E-state index in [1.807, 2.05) is 18.2 Å². The summed E-state index contributed by atoms with van der Waals surface area (Å²) in [6.07, 6.45) is 0.910. The summed E-state index contributed by atoms with van der Waals surface area (Å²) in [5.41, 5.74) is 4.56. The van der Waals surface area contributed by atoms with E-state index in [9.17, 15) is 0 Å². The second-order valence-electron chi connectivity index (χ2n) is 7.27. The van der Waals surface area contributed by atoms with E-state index in [2.05, 4.69) is 64.5 Å². The van der Waals surface area contributed by atoms with E-state index in [-0.39, 0.29) is 12.1 Å². The first-order chi connectivity index (χ1) is 14.3. The number of para-hydroxylation sites is 2. The smallest absolute Gasteiger partial charge is 0.204 e. The van der Waals surface area contributed by atoms with Crippen molar-refractivity contribution in [3.8, 4) is 11.5 Å². The molecule has 0 amide bonds. The summed E-state index contributed by atoms with van der Waals surface area (Å²) in [5.74, 6) is 2.37. The number of benzene rings is 3. The molecular weight excluding hydrogens is 362 g/mol. The summed E-state index contributed by atoms with van der Waals surface area (Å²) in [5, 5.41) is 3.65. The molecule has 0 saturated carbocycles. The van der Waals surface area contributed by atoms with Crippen LogP contribution in [0.1, 0.15) is 29.6 Å². The van der Waals surface area contributed by atoms with E-state index in [4.69, 9.17) is 14.5 Å². The maximum Gasteiger partial charge on any atom is 0.204 e. The first-order valence-corrected chi connectivity index (χ1v) is 9.79. The molecule has 5 nitrogen and oxygen atoms in total. The third-order valence-corrected chi connectivity index (χ3v) is 5.66. The molecule has 1 aliphatic heterocycles. The van der Waals surface area contributed by atoms with Gasteiger partial charge in [0.05, 0.1) is 37.3 Å². The second kappa shape index (κ2) is 7.17. The molecular formula is C24H23N3O2. The van der Waals surface area contributed by atoms with Gasteiger partial charge in [0.25, 0.3) is 0 Å². The fraction of sp³-hybridized carbons (Fsp3) is 0.208. The number of hydrogen-bond donors (Lipinski definition) is 1. The molecule has 0 bridgehead atoms. The Balaban J connectivity index is 1.67. The van der Waals surface area contributed by atoms with Crippen LogP contribution in [0.15, 0.2) is 72.8 Å². The zero-order valence-electron chi connectivity index (χ0n) is 16.5. The molecule has 2 atom stereocenters. The Labute approximate surface area is 169 Å². The molecule has 2 heterocycles. The third kappa shape index (κ3) is 2.99. The van der Waals surface area contributed by atoms with E-state index >= 15 is 0 Å². The van der Waals surface area contributed by atoms with Crippen LogP contribution in [-0.4, -0.2) is 23.8 Å². The summed E-state index contributed by atoms with van der Waals surface area (Å²) in [4.78, 5) is 4.88. The zero-order chi connectivity index (χ0) is 19.8. The average molecular weight is 385 g/mol. The maximum absolute atomic E-state index is 5.57. The van der Waals surface area contributed by atoms with E-state index in [0.717, 1.165) is 34.9 Å². The number of anilines is 1. The third-order valence-electron chi connectivity index (χ3n) is 5.66. The van der Waals surface area contributed by atoms with Crippen molar-refractivity contribution in [2.75, 3.05) is 19.5 Å². The number of fused-ring (bicyclic) bond motifs is 3. The van der Waals surface area contributed by atoms with Gasteiger partial charge in [0.15, 0.2) is 11.5 Å². The Bertz CT molecular complexity index is 1150. The Morgan fingerprint density at radius 3 is 2.41 bits per heavy atom. The molecule has 0 fully saturated rings. The van der Waals surface area contributed by atoms with Crippen molar-refractivity contribution in [2.24, 2.45) is 0 Å². The Morgan fingerprint density at radius 1 is 0.862 bits per heavy atom. The van der Waals surface area contributed by atoms with Crippen molar-refractivity contribution in [1.29, 1.82) is 0 Å². The first-order valence-electron chi connectivity index (χ1n) is 9.79. The van der Waals surface area contributed by atoms with Crippen LogP contribution in [0.5, 0.6) is 11.5 Å². The highest BCUT2D eigenvalue weighted by Gasteiger charge is 2.31. The summed E-state index contributed by atoms with van der Waals surface area (Å²) in [6.45, 7) is 0. The molecule has 5 rings (SSSR count). The normalized spacial score (nSPS) is 18.1. The van der Waals surface area contributed by atoms with Gasteiger partial charge in [-0.25, -0.2) is 4.98 Å². The summed E-state index contributed by atoms with van der Waals surface area (Å²) in [7, 11) is 3.34. The molecule has 0 unspecified atom stereocenters. The highest BCUT2D eigenvalue weighted by Crippen LogP contribution is 2.42. The van der Waals surface area contributed by atoms with Crippen molar-refractivity contribution < 1.29 is 9.47 Å². The number of imidazole rings is 1. The molecule has 29 heavy (non-hydrogen) atoms. The number of nitrogens with zero attached hydrogens (tertiary/aromatic N) is 2. The van der Waals surface area contributed by atoms with E-state index in [1.165, 1.54) is 11.1 Å². The minimum atomic E-state index is 0.128. The van der Waals surface area contributed by atoms with Crippen molar-refractivity contribution in [2.45, 2.75) is 18.5 Å². The number of hydrogen-bond acceptors (Lipinski definition) is 4. The molecule has 1 aromatic heterocycles. The lowest BCUT2D eigenvalue weighted by molar-refractivity contribution is 0.353. The van der Waals surface area contributed by atoms with Gasteiger partial charge in [-0.05, 0) is 41.8 Å². The molecule has 3 aromatic carbocycles. The van der Waals surface area contributed by atoms with Crippen LogP contribution < -0.4 is 14.8 Å². The number of nitrogens with one attached hydrogen (secondary N) is 1. The maximum atomic E-state index is 5.57. The molecule has 1 N–H and O–H groups in total. The van der Waals surface area contributed by atoms with Crippen molar-refractivity contribution >= 4 is 17.0 Å². The largest absolute Gasteiger partial charge is 0.493 e. The Morgan fingerprint density at radius 2 is 1.62 bits per heavy atom. The number of ether oxygens (including phenoxy) is 2. The molecule has 0 radical (unpaired) electrons. The molecule has 1 aliphatic rings. The lowest BCUT2D eigenvalue weighted by Gasteiger charge is -2.33. The second-order valence-corrected chi connectivity index (χ2v) is 7.27. The van der Waals surface area contributed by atoms with Gasteiger partial charge < -0.3 is 19.4 Å². The predicted molar refractivity (Wildman–Crippen MR) is 115 cm³/mol. The van der Waals surface area contributed by atoms with E-state index in [0.29, 0.717) is 0 Å². The zero-order valence-corrected chi connectivity index (χ0v) is 16.5. The highest BCUT2D eigenvalue weighted by molar-refractivity contribution is 5.79. The van der Waals surface area contributed by atoms with Gasteiger partial charge in [-0.15, -0.1) is 0 Å². The lowest BCUT2D eigenvalue weighted by atomic mass is 9.92. The van der Waals surface area contributed by atoms with Crippen LogP contribution in [0.2, 0.25) is 0 Å². The minimum absolute atomic E-state index is 0.128. The SMILES string of the molecule is COc1ccc([C@@H]2C[C@H](c3ccccc3)Nc3nc4ccccc4n32)cc1OC. The predicted octanol–water partition coefficient (Wildman–Crippen LogP) is 5.20. The first kappa shape index (κ1) is 17.6. The van der Waals surface area contributed by atoms with E-state index < -0.39 is 0 Å². The van der Waals surface area contributed by atoms with Gasteiger partial charge >= 0.3 is 0 Å². The average Bonchev–Trinajstić information content (AvgIpc) is 3.17. The van der Waals surface area contributed by atoms with Gasteiger partial charge in [0.2, 0.25) is 5.95 Å². The van der Waals surface area contributed by atoms with Crippen LogP contribution in [-0.2, 0) is 0 Å². The van der Waals surface area contributed by atoms with Crippen molar-refractivity contribution in [3.63, 3.8) is 0 Å². The van der Waals surface area contributed by atoms with Crippen LogP contribution in [0.3, 0.4) is 0 Å². The number of rotatable bonds is 4. The molecule has 4 aromatic rings. The molecule has 5 heteroatoms. The van der Waals surface area contributed by atoms with Gasteiger partial charge in [-0.2, -0.15) is 0 Å². The lowest BCUT2D eigenvalue weighted by Crippen LogP contribution is -2.27. The van der Waals surface area contributed by atoms with Crippen molar-refractivity contribution in [3.05, 3.63) is 83.9 Å². The van der Waals surface area contributed by atoms with Gasteiger partial charge in [-0.3, -0.25) is 0 Å². The van der Waals surface area contributed by atoms with Crippen LogP contribution in [0, 0.1) is 0 Å². The monoisotopic (exact) mass is 385 g/mol. The quantitative estimate of drug-likeness (QED) is 0.525. The van der Waals surface area contributed by atoms with Crippen LogP contribution >= 0.6 is 0 Å².